The lowest BCUT2D eigenvalue weighted by molar-refractivity contribution is 0.669. The summed E-state index contributed by atoms with van der Waals surface area (Å²) in [4.78, 5) is 20.4. The van der Waals surface area contributed by atoms with Gasteiger partial charge in [0.1, 0.15) is 16.2 Å². The molecule has 0 radical (unpaired) electrons. The molecular formula is C40H23N5OS. The van der Waals surface area contributed by atoms with Gasteiger partial charge in [0, 0.05) is 32.7 Å². The summed E-state index contributed by atoms with van der Waals surface area (Å²) in [6.45, 7) is 0. The number of rotatable bonds is 4. The lowest BCUT2D eigenvalue weighted by atomic mass is 10.1. The third-order valence-electron chi connectivity index (χ3n) is 8.72. The number of aromatic nitrogens is 5. The first-order valence-corrected chi connectivity index (χ1v) is 16.2. The molecule has 0 fully saturated rings. The minimum absolute atomic E-state index is 0.541. The van der Waals surface area contributed by atoms with Gasteiger partial charge < -0.3 is 4.42 Å². The van der Waals surface area contributed by atoms with Crippen LogP contribution in [0.25, 0.3) is 93.3 Å². The molecule has 0 spiro atoms. The fourth-order valence-electron chi connectivity index (χ4n) is 6.55. The van der Waals surface area contributed by atoms with E-state index in [-0.39, 0.29) is 0 Å². The lowest BCUT2D eigenvalue weighted by Crippen LogP contribution is -2.06. The van der Waals surface area contributed by atoms with E-state index >= 15 is 0 Å². The van der Waals surface area contributed by atoms with Crippen molar-refractivity contribution >= 4 is 65.3 Å². The maximum absolute atomic E-state index is 6.44. The Balaban J connectivity index is 1.24. The monoisotopic (exact) mass is 621 g/mol. The third-order valence-corrected chi connectivity index (χ3v) is 9.80. The highest BCUT2D eigenvalue weighted by Crippen LogP contribution is 2.37. The lowest BCUT2D eigenvalue weighted by Gasteiger charge is -2.11. The molecule has 10 aromatic rings. The molecule has 0 aliphatic carbocycles. The van der Waals surface area contributed by atoms with Crippen LogP contribution in [0.1, 0.15) is 0 Å². The van der Waals surface area contributed by atoms with Gasteiger partial charge in [-0.15, -0.1) is 11.3 Å². The Bertz CT molecular complexity index is 2760. The topological polar surface area (TPSA) is 69.6 Å². The maximum atomic E-state index is 6.44. The molecule has 7 heteroatoms. The van der Waals surface area contributed by atoms with Crippen LogP contribution in [-0.2, 0) is 0 Å². The SMILES string of the molecule is c1ccc(-c2nc3cc(-c4nc(-c5cccc6c5oc5ccccc56)nc(-n5c6ccccc6c6ccccc65)n4)ccc3s2)cc1. The zero-order valence-electron chi connectivity index (χ0n) is 24.8. The van der Waals surface area contributed by atoms with Gasteiger partial charge in [0.15, 0.2) is 11.6 Å². The second-order valence-electron chi connectivity index (χ2n) is 11.5. The summed E-state index contributed by atoms with van der Waals surface area (Å²) in [5.41, 5.74) is 7.32. The number of fused-ring (bicyclic) bond motifs is 7. The highest BCUT2D eigenvalue weighted by molar-refractivity contribution is 7.21. The van der Waals surface area contributed by atoms with Crippen molar-refractivity contribution in [3.8, 4) is 39.3 Å². The van der Waals surface area contributed by atoms with Crippen LogP contribution in [0.15, 0.2) is 144 Å². The average molecular weight is 622 g/mol. The van der Waals surface area contributed by atoms with Crippen LogP contribution >= 0.6 is 11.3 Å². The smallest absolute Gasteiger partial charge is 0.238 e. The Hall–Kier alpha value is -6.18. The van der Waals surface area contributed by atoms with Gasteiger partial charge in [-0.05, 0) is 42.5 Å². The molecule has 47 heavy (non-hydrogen) atoms. The summed E-state index contributed by atoms with van der Waals surface area (Å²) in [5, 5.41) is 5.35. The van der Waals surface area contributed by atoms with E-state index in [1.54, 1.807) is 11.3 Å². The fourth-order valence-corrected chi connectivity index (χ4v) is 7.50. The van der Waals surface area contributed by atoms with Gasteiger partial charge in [0.2, 0.25) is 5.95 Å². The van der Waals surface area contributed by atoms with E-state index in [9.17, 15) is 0 Å². The van der Waals surface area contributed by atoms with Crippen molar-refractivity contribution < 1.29 is 4.42 Å². The molecule has 0 saturated heterocycles. The number of hydrogen-bond donors (Lipinski definition) is 0. The predicted molar refractivity (Wildman–Crippen MR) is 191 cm³/mol. The summed E-state index contributed by atoms with van der Waals surface area (Å²) in [6.07, 6.45) is 0. The Morgan fingerprint density at radius 3 is 2.00 bits per heavy atom. The minimum Gasteiger partial charge on any atom is -0.455 e. The van der Waals surface area contributed by atoms with E-state index in [0.717, 1.165) is 75.7 Å². The van der Waals surface area contributed by atoms with Crippen LogP contribution in [0.3, 0.4) is 0 Å². The van der Waals surface area contributed by atoms with Crippen molar-refractivity contribution in [1.82, 2.24) is 24.5 Å². The van der Waals surface area contributed by atoms with Gasteiger partial charge in [-0.25, -0.2) is 9.97 Å². The largest absolute Gasteiger partial charge is 0.455 e. The summed E-state index contributed by atoms with van der Waals surface area (Å²) < 4.78 is 9.68. The van der Waals surface area contributed by atoms with Crippen molar-refractivity contribution in [3.63, 3.8) is 0 Å². The summed E-state index contributed by atoms with van der Waals surface area (Å²) >= 11 is 1.68. The zero-order valence-corrected chi connectivity index (χ0v) is 25.6. The Labute approximate surface area is 272 Å². The van der Waals surface area contributed by atoms with E-state index in [4.69, 9.17) is 24.4 Å². The Morgan fingerprint density at radius 1 is 0.511 bits per heavy atom. The standard InChI is InChI=1S/C40H23N5OS/c1-2-11-24(12-3-1)39-41-31-23-25(21-22-35(31)47-39)37-42-38(30-17-10-16-29-28-15-6-9-20-34(28)46-36(29)30)44-40(43-37)45-32-18-7-4-13-26(32)27-14-5-8-19-33(27)45/h1-23H. The number of benzene rings is 6. The number of furan rings is 1. The van der Waals surface area contributed by atoms with Crippen LogP contribution in [-0.4, -0.2) is 24.5 Å². The molecule has 6 nitrogen and oxygen atoms in total. The molecule has 4 aromatic heterocycles. The van der Waals surface area contributed by atoms with E-state index in [1.165, 1.54) is 0 Å². The molecule has 4 heterocycles. The molecule has 0 saturated carbocycles. The highest BCUT2D eigenvalue weighted by Gasteiger charge is 2.20. The molecule has 0 aliphatic rings. The van der Waals surface area contributed by atoms with Crippen molar-refractivity contribution in [3.05, 3.63) is 140 Å². The van der Waals surface area contributed by atoms with Crippen molar-refractivity contribution in [2.24, 2.45) is 0 Å². The van der Waals surface area contributed by atoms with E-state index in [1.807, 2.05) is 48.5 Å². The summed E-state index contributed by atoms with van der Waals surface area (Å²) in [5.74, 6) is 1.65. The first kappa shape index (κ1) is 26.1. The van der Waals surface area contributed by atoms with Crippen LogP contribution in [0, 0.1) is 0 Å². The van der Waals surface area contributed by atoms with Gasteiger partial charge >= 0.3 is 0 Å². The third kappa shape index (κ3) is 4.10. The van der Waals surface area contributed by atoms with Crippen LogP contribution in [0.2, 0.25) is 0 Å². The average Bonchev–Trinajstić information content (AvgIpc) is 3.83. The van der Waals surface area contributed by atoms with Gasteiger partial charge in [-0.1, -0.05) is 97.1 Å². The molecule has 0 bridgehead atoms. The van der Waals surface area contributed by atoms with Crippen LogP contribution in [0.5, 0.6) is 0 Å². The van der Waals surface area contributed by atoms with E-state index in [0.29, 0.717) is 17.6 Å². The molecule has 0 aliphatic heterocycles. The summed E-state index contributed by atoms with van der Waals surface area (Å²) in [7, 11) is 0. The van der Waals surface area contributed by atoms with Crippen LogP contribution in [0.4, 0.5) is 0 Å². The first-order valence-electron chi connectivity index (χ1n) is 15.4. The predicted octanol–water partition coefficient (Wildman–Crippen LogP) is 10.5. The normalized spacial score (nSPS) is 11.8. The second kappa shape index (κ2) is 10.2. The van der Waals surface area contributed by atoms with Gasteiger partial charge in [0.25, 0.3) is 0 Å². The van der Waals surface area contributed by atoms with Gasteiger partial charge in [-0.2, -0.15) is 9.97 Å². The number of nitrogens with zero attached hydrogens (tertiary/aromatic N) is 5. The van der Waals surface area contributed by atoms with Gasteiger partial charge in [-0.3, -0.25) is 4.57 Å². The maximum Gasteiger partial charge on any atom is 0.238 e. The molecule has 10 rings (SSSR count). The van der Waals surface area contributed by atoms with Gasteiger partial charge in [0.05, 0.1) is 26.8 Å². The Morgan fingerprint density at radius 2 is 1.19 bits per heavy atom. The molecule has 6 aromatic carbocycles. The highest BCUT2D eigenvalue weighted by atomic mass is 32.1. The molecule has 220 valence electrons. The van der Waals surface area contributed by atoms with Crippen molar-refractivity contribution in [2.75, 3.05) is 0 Å². The minimum atomic E-state index is 0.541. The zero-order chi connectivity index (χ0) is 30.9. The quantitative estimate of drug-likeness (QED) is 0.196. The van der Waals surface area contributed by atoms with Crippen molar-refractivity contribution in [1.29, 1.82) is 0 Å². The van der Waals surface area contributed by atoms with Crippen molar-refractivity contribution in [2.45, 2.75) is 0 Å². The molecule has 0 atom stereocenters. The Kier molecular flexibility index (Phi) is 5.64. The van der Waals surface area contributed by atoms with Crippen LogP contribution < -0.4 is 0 Å². The van der Waals surface area contributed by atoms with E-state index < -0.39 is 0 Å². The fraction of sp³-hybridized carbons (Fsp3) is 0. The summed E-state index contributed by atoms with van der Waals surface area (Å²) in [6, 6.07) is 47.6. The second-order valence-corrected chi connectivity index (χ2v) is 12.5. The number of hydrogen-bond acceptors (Lipinski definition) is 6. The molecular weight excluding hydrogens is 599 g/mol. The molecule has 0 amide bonds. The number of thiazole rings is 1. The molecule has 0 unspecified atom stereocenters. The number of para-hydroxylation sites is 4. The first-order chi connectivity index (χ1) is 23.3. The molecule has 0 N–H and O–H groups in total. The van der Waals surface area contributed by atoms with E-state index in [2.05, 4.69) is 95.6 Å².